The van der Waals surface area contributed by atoms with Crippen LogP contribution >= 0.6 is 15.9 Å². The van der Waals surface area contributed by atoms with E-state index in [-0.39, 0.29) is 24.8 Å². The van der Waals surface area contributed by atoms with Crippen LogP contribution in [-0.2, 0) is 4.79 Å². The third kappa shape index (κ3) is 3.57. The number of hydrogen-bond donors (Lipinski definition) is 2. The normalized spacial score (nSPS) is 10.2. The van der Waals surface area contributed by atoms with Crippen molar-refractivity contribution in [3.05, 3.63) is 28.0 Å². The first-order valence-electron chi connectivity index (χ1n) is 4.91. The summed E-state index contributed by atoms with van der Waals surface area (Å²) in [6.45, 7) is 1.71. The summed E-state index contributed by atoms with van der Waals surface area (Å²) in [6.07, 6.45) is 0.679. The van der Waals surface area contributed by atoms with E-state index in [1.165, 1.54) is 12.1 Å². The van der Waals surface area contributed by atoms with E-state index in [0.717, 1.165) is 0 Å². The first-order valence-corrected chi connectivity index (χ1v) is 5.70. The smallest absolute Gasteiger partial charge is 0.224 e. The van der Waals surface area contributed by atoms with Crippen LogP contribution in [0.4, 0.5) is 10.1 Å². The Kier molecular flexibility index (Phi) is 4.89. The Morgan fingerprint density at radius 2 is 2.25 bits per heavy atom. The zero-order chi connectivity index (χ0) is 12.1. The molecule has 0 spiro atoms. The number of carbonyl (C=O) groups excluding carboxylic acids is 1. The van der Waals surface area contributed by atoms with E-state index in [9.17, 15) is 9.18 Å². The summed E-state index contributed by atoms with van der Waals surface area (Å²) >= 11 is 3.06. The van der Waals surface area contributed by atoms with Gasteiger partial charge in [-0.15, -0.1) is 0 Å². The number of aryl methyl sites for hydroxylation is 1. The summed E-state index contributed by atoms with van der Waals surface area (Å²) in [7, 11) is 0. The number of carbonyl (C=O) groups is 1. The topological polar surface area (TPSA) is 49.3 Å². The maximum absolute atomic E-state index is 13.1. The standard InChI is InChI=1S/C11H13BrFNO2/c1-7-5-9(13)8(12)6-10(7)14-11(16)3-2-4-15/h5-6,15H,2-4H2,1H3,(H,14,16). The van der Waals surface area contributed by atoms with Gasteiger partial charge in [-0.3, -0.25) is 4.79 Å². The van der Waals surface area contributed by atoms with Crippen LogP contribution in [0.1, 0.15) is 18.4 Å². The molecule has 1 amide bonds. The Bertz CT molecular complexity index is 396. The molecule has 0 saturated carbocycles. The summed E-state index contributed by atoms with van der Waals surface area (Å²) < 4.78 is 13.4. The van der Waals surface area contributed by atoms with Gasteiger partial charge in [-0.2, -0.15) is 0 Å². The quantitative estimate of drug-likeness (QED) is 0.895. The molecule has 2 N–H and O–H groups in total. The van der Waals surface area contributed by atoms with Gasteiger partial charge in [-0.1, -0.05) is 0 Å². The lowest BCUT2D eigenvalue weighted by Crippen LogP contribution is -2.12. The molecular weight excluding hydrogens is 277 g/mol. The van der Waals surface area contributed by atoms with Crippen LogP contribution in [0.25, 0.3) is 0 Å². The number of hydrogen-bond acceptors (Lipinski definition) is 2. The molecule has 1 aromatic carbocycles. The molecule has 5 heteroatoms. The van der Waals surface area contributed by atoms with E-state index in [2.05, 4.69) is 21.2 Å². The molecule has 0 atom stereocenters. The lowest BCUT2D eigenvalue weighted by Gasteiger charge is -2.09. The van der Waals surface area contributed by atoms with Crippen LogP contribution in [-0.4, -0.2) is 17.6 Å². The second-order valence-electron chi connectivity index (χ2n) is 3.46. The Morgan fingerprint density at radius 1 is 1.56 bits per heavy atom. The lowest BCUT2D eigenvalue weighted by molar-refractivity contribution is -0.116. The maximum Gasteiger partial charge on any atom is 0.224 e. The van der Waals surface area contributed by atoms with E-state index in [4.69, 9.17) is 5.11 Å². The van der Waals surface area contributed by atoms with Gasteiger partial charge in [0.2, 0.25) is 5.91 Å². The molecule has 16 heavy (non-hydrogen) atoms. The third-order valence-electron chi connectivity index (χ3n) is 2.10. The van der Waals surface area contributed by atoms with Crippen molar-refractivity contribution in [3.63, 3.8) is 0 Å². The van der Waals surface area contributed by atoms with Gasteiger partial charge in [0.1, 0.15) is 5.82 Å². The van der Waals surface area contributed by atoms with Gasteiger partial charge < -0.3 is 10.4 Å². The SMILES string of the molecule is Cc1cc(F)c(Br)cc1NC(=O)CCCO. The number of anilines is 1. The van der Waals surface area contributed by atoms with E-state index in [1.54, 1.807) is 6.92 Å². The molecule has 0 aromatic heterocycles. The monoisotopic (exact) mass is 289 g/mol. The van der Waals surface area contributed by atoms with Crippen molar-refractivity contribution in [3.8, 4) is 0 Å². The molecular formula is C11H13BrFNO2. The number of halogens is 2. The molecule has 0 bridgehead atoms. The lowest BCUT2D eigenvalue weighted by atomic mass is 10.2. The molecule has 1 rings (SSSR count). The van der Waals surface area contributed by atoms with Gasteiger partial charge in [-0.05, 0) is 47.0 Å². The number of amides is 1. The predicted octanol–water partition coefficient (Wildman–Crippen LogP) is 2.61. The van der Waals surface area contributed by atoms with Crippen LogP contribution in [0.3, 0.4) is 0 Å². The molecule has 0 aliphatic rings. The molecule has 0 heterocycles. The second-order valence-corrected chi connectivity index (χ2v) is 4.31. The molecule has 88 valence electrons. The number of aliphatic hydroxyl groups is 1. The van der Waals surface area contributed by atoms with Gasteiger partial charge >= 0.3 is 0 Å². The van der Waals surface area contributed by atoms with Gasteiger partial charge in [0.05, 0.1) is 4.47 Å². The first-order chi connectivity index (χ1) is 7.54. The average molecular weight is 290 g/mol. The average Bonchev–Trinajstić information content (AvgIpc) is 2.23. The molecule has 0 radical (unpaired) electrons. The fourth-order valence-electron chi connectivity index (χ4n) is 1.23. The third-order valence-corrected chi connectivity index (χ3v) is 2.71. The highest BCUT2D eigenvalue weighted by Crippen LogP contribution is 2.24. The second kappa shape index (κ2) is 5.96. The summed E-state index contributed by atoms with van der Waals surface area (Å²) in [5, 5.41) is 11.2. The van der Waals surface area contributed by atoms with Crippen molar-refractivity contribution in [2.24, 2.45) is 0 Å². The fourth-order valence-corrected chi connectivity index (χ4v) is 1.58. The minimum atomic E-state index is -0.356. The van der Waals surface area contributed by atoms with Crippen LogP contribution in [0.2, 0.25) is 0 Å². The minimum Gasteiger partial charge on any atom is -0.396 e. The summed E-state index contributed by atoms with van der Waals surface area (Å²) in [6, 6.07) is 2.88. The highest BCUT2D eigenvalue weighted by molar-refractivity contribution is 9.10. The fraction of sp³-hybridized carbons (Fsp3) is 0.364. The van der Waals surface area contributed by atoms with Crippen LogP contribution in [0.15, 0.2) is 16.6 Å². The Balaban J connectivity index is 2.73. The van der Waals surface area contributed by atoms with Crippen molar-refractivity contribution in [1.82, 2.24) is 0 Å². The molecule has 0 fully saturated rings. The number of aliphatic hydroxyl groups excluding tert-OH is 1. The highest BCUT2D eigenvalue weighted by atomic mass is 79.9. The zero-order valence-electron chi connectivity index (χ0n) is 8.89. The van der Waals surface area contributed by atoms with E-state index in [1.807, 2.05) is 0 Å². The van der Waals surface area contributed by atoms with Crippen LogP contribution in [0, 0.1) is 12.7 Å². The van der Waals surface area contributed by atoms with Gasteiger partial charge in [0, 0.05) is 18.7 Å². The summed E-state index contributed by atoms with van der Waals surface area (Å²) in [5.74, 6) is -0.540. The molecule has 1 aromatic rings. The summed E-state index contributed by atoms with van der Waals surface area (Å²) in [5.41, 5.74) is 1.24. The highest BCUT2D eigenvalue weighted by Gasteiger charge is 2.08. The Labute approximate surface area is 102 Å². The van der Waals surface area contributed by atoms with E-state index >= 15 is 0 Å². The zero-order valence-corrected chi connectivity index (χ0v) is 10.5. The Morgan fingerprint density at radius 3 is 2.88 bits per heavy atom. The minimum absolute atomic E-state index is 0.0144. The van der Waals surface area contributed by atoms with Crippen molar-refractivity contribution in [2.75, 3.05) is 11.9 Å². The molecule has 3 nitrogen and oxygen atoms in total. The van der Waals surface area contributed by atoms with Crippen molar-refractivity contribution >= 4 is 27.5 Å². The molecule has 0 unspecified atom stereocenters. The molecule has 0 saturated heterocycles. The van der Waals surface area contributed by atoms with E-state index in [0.29, 0.717) is 22.1 Å². The number of benzene rings is 1. The first kappa shape index (κ1) is 13.1. The van der Waals surface area contributed by atoms with Crippen molar-refractivity contribution in [1.29, 1.82) is 0 Å². The maximum atomic E-state index is 13.1. The Hall–Kier alpha value is -0.940. The van der Waals surface area contributed by atoms with Gasteiger partial charge in [0.25, 0.3) is 0 Å². The van der Waals surface area contributed by atoms with Crippen molar-refractivity contribution < 1.29 is 14.3 Å². The van der Waals surface area contributed by atoms with Crippen LogP contribution in [0.5, 0.6) is 0 Å². The molecule has 0 aliphatic carbocycles. The predicted molar refractivity (Wildman–Crippen MR) is 63.8 cm³/mol. The number of nitrogens with one attached hydrogen (secondary N) is 1. The van der Waals surface area contributed by atoms with Crippen LogP contribution < -0.4 is 5.32 Å². The largest absolute Gasteiger partial charge is 0.396 e. The number of rotatable bonds is 4. The van der Waals surface area contributed by atoms with Gasteiger partial charge in [0.15, 0.2) is 0 Å². The van der Waals surface area contributed by atoms with Crippen molar-refractivity contribution in [2.45, 2.75) is 19.8 Å². The van der Waals surface area contributed by atoms with Gasteiger partial charge in [-0.25, -0.2) is 4.39 Å². The molecule has 0 aliphatic heterocycles. The summed E-state index contributed by atoms with van der Waals surface area (Å²) in [4.78, 5) is 11.4. The van der Waals surface area contributed by atoms with E-state index < -0.39 is 0 Å².